The van der Waals surface area contributed by atoms with E-state index in [2.05, 4.69) is 20.9 Å². The first-order valence-corrected chi connectivity index (χ1v) is 12.8. The van der Waals surface area contributed by atoms with Crippen LogP contribution in [0.2, 0.25) is 0 Å². The summed E-state index contributed by atoms with van der Waals surface area (Å²) < 4.78 is 33.1. The number of aliphatic imine (C=N–C) groups is 1. The van der Waals surface area contributed by atoms with Gasteiger partial charge in [0.1, 0.15) is 18.2 Å². The van der Waals surface area contributed by atoms with Gasteiger partial charge in [0.15, 0.2) is 11.6 Å². The maximum atomic E-state index is 13.9. The van der Waals surface area contributed by atoms with Crippen molar-refractivity contribution >= 4 is 23.9 Å². The zero-order valence-corrected chi connectivity index (χ0v) is 22.4. The summed E-state index contributed by atoms with van der Waals surface area (Å²) >= 11 is 0. The minimum atomic E-state index is -0.950. The molecule has 0 aromatic heterocycles. The predicted molar refractivity (Wildman–Crippen MR) is 145 cm³/mol. The lowest BCUT2D eigenvalue weighted by molar-refractivity contribution is -0.145. The Kier molecular flexibility index (Phi) is 11.4. The van der Waals surface area contributed by atoms with Crippen molar-refractivity contribution in [1.29, 1.82) is 0 Å². The molecule has 0 bridgehead atoms. The van der Waals surface area contributed by atoms with E-state index >= 15 is 0 Å². The minimum Gasteiger partial charge on any atom is -0.478 e. The van der Waals surface area contributed by atoms with Crippen molar-refractivity contribution in [3.8, 4) is 0 Å². The molecule has 1 aliphatic heterocycles. The number of carbonyl (C=O) groups excluding carboxylic acids is 2. The van der Waals surface area contributed by atoms with Gasteiger partial charge in [-0.2, -0.15) is 5.06 Å². The Morgan fingerprint density at radius 1 is 1.21 bits per heavy atom. The van der Waals surface area contributed by atoms with E-state index < -0.39 is 23.8 Å². The second kappa shape index (κ2) is 14.9. The molecule has 2 aromatic rings. The van der Waals surface area contributed by atoms with Crippen LogP contribution in [0.15, 0.2) is 64.9 Å². The van der Waals surface area contributed by atoms with Gasteiger partial charge >= 0.3 is 6.03 Å². The lowest BCUT2D eigenvalue weighted by Crippen LogP contribution is -2.41. The Labute approximate surface area is 227 Å². The van der Waals surface area contributed by atoms with Crippen LogP contribution in [0.1, 0.15) is 38.4 Å². The maximum Gasteiger partial charge on any atom is 0.320 e. The first kappa shape index (κ1) is 29.7. The highest BCUT2D eigenvalue weighted by molar-refractivity contribution is 5.95. The van der Waals surface area contributed by atoms with E-state index in [1.54, 1.807) is 19.0 Å². The third kappa shape index (κ3) is 8.59. The fraction of sp³-hybridized carbons (Fsp3) is 0.393. The molecule has 0 radical (unpaired) electrons. The van der Waals surface area contributed by atoms with Crippen LogP contribution in [0, 0.1) is 17.6 Å². The number of rotatable bonds is 12. The molecule has 2 amide bonds. The largest absolute Gasteiger partial charge is 0.478 e. The minimum absolute atomic E-state index is 0.204. The van der Waals surface area contributed by atoms with Crippen LogP contribution < -0.4 is 16.0 Å². The lowest BCUT2D eigenvalue weighted by Gasteiger charge is -2.20. The van der Waals surface area contributed by atoms with Gasteiger partial charge in [-0.05, 0) is 43.2 Å². The van der Waals surface area contributed by atoms with Gasteiger partial charge in [0, 0.05) is 44.7 Å². The van der Waals surface area contributed by atoms with Crippen molar-refractivity contribution in [3.05, 3.63) is 77.1 Å². The van der Waals surface area contributed by atoms with Gasteiger partial charge in [-0.15, -0.1) is 0 Å². The van der Waals surface area contributed by atoms with Crippen LogP contribution in [0.25, 0.3) is 0 Å². The number of para-hydroxylation sites is 1. The summed E-state index contributed by atoms with van der Waals surface area (Å²) in [5.41, 5.74) is 1.79. The van der Waals surface area contributed by atoms with Crippen molar-refractivity contribution in [1.82, 2.24) is 15.7 Å². The number of anilines is 1. The molecule has 2 atom stereocenters. The summed E-state index contributed by atoms with van der Waals surface area (Å²) in [6.07, 6.45) is 1.21. The zero-order valence-electron chi connectivity index (χ0n) is 22.4. The van der Waals surface area contributed by atoms with Crippen molar-refractivity contribution in [3.63, 3.8) is 0 Å². The number of unbranched alkanes of at least 4 members (excludes halogenated alkanes) is 1. The summed E-state index contributed by atoms with van der Waals surface area (Å²) in [6.45, 7) is 5.31. The Morgan fingerprint density at radius 2 is 1.97 bits per heavy atom. The Balaban J connectivity index is 1.72. The van der Waals surface area contributed by atoms with Crippen molar-refractivity contribution in [2.45, 2.75) is 32.8 Å². The average Bonchev–Trinajstić information content (AvgIpc) is 3.37. The van der Waals surface area contributed by atoms with E-state index in [4.69, 9.17) is 9.57 Å². The first-order chi connectivity index (χ1) is 18.9. The lowest BCUT2D eigenvalue weighted by atomic mass is 9.96. The summed E-state index contributed by atoms with van der Waals surface area (Å²) in [6, 6.07) is 12.5. The molecule has 39 heavy (non-hydrogen) atoms. The number of carbonyl (C=O) groups is 2. The Bertz CT molecular complexity index is 1180. The van der Waals surface area contributed by atoms with Crippen molar-refractivity contribution in [2.24, 2.45) is 10.9 Å². The number of aldehydes is 1. The van der Waals surface area contributed by atoms with Crippen LogP contribution in [-0.4, -0.2) is 56.6 Å². The van der Waals surface area contributed by atoms with Gasteiger partial charge < -0.3 is 20.2 Å². The van der Waals surface area contributed by atoms with E-state index in [1.165, 1.54) is 6.07 Å². The van der Waals surface area contributed by atoms with E-state index in [0.29, 0.717) is 55.4 Å². The van der Waals surface area contributed by atoms with E-state index in [9.17, 15) is 18.4 Å². The molecule has 0 aliphatic carbocycles. The summed E-state index contributed by atoms with van der Waals surface area (Å²) in [4.78, 5) is 33.8. The quantitative estimate of drug-likeness (QED) is 0.157. The second-order valence-corrected chi connectivity index (χ2v) is 8.95. The number of halogens is 2. The molecule has 1 fully saturated rings. The average molecular weight is 544 g/mol. The predicted octanol–water partition coefficient (Wildman–Crippen LogP) is 4.56. The highest BCUT2D eigenvalue weighted by Crippen LogP contribution is 2.34. The second-order valence-electron chi connectivity index (χ2n) is 8.95. The van der Waals surface area contributed by atoms with E-state index in [1.807, 2.05) is 37.3 Å². The number of nitrogens with zero attached hydrogens (tertiary/aromatic N) is 2. The third-order valence-corrected chi connectivity index (χ3v) is 6.16. The molecule has 2 aromatic carbocycles. The van der Waals surface area contributed by atoms with Crippen LogP contribution in [0.5, 0.6) is 0 Å². The number of urea groups is 1. The third-order valence-electron chi connectivity index (χ3n) is 6.16. The molecule has 9 nitrogen and oxygen atoms in total. The molecular formula is C28H35F2N5O4. The molecule has 0 spiro atoms. The van der Waals surface area contributed by atoms with Gasteiger partial charge in [0.05, 0.1) is 12.2 Å². The topological polar surface area (TPSA) is 104 Å². The first-order valence-electron chi connectivity index (χ1n) is 12.8. The highest BCUT2D eigenvalue weighted by Gasteiger charge is 2.35. The Morgan fingerprint density at radius 3 is 2.64 bits per heavy atom. The zero-order chi connectivity index (χ0) is 28.2. The molecular weight excluding hydrogens is 508 g/mol. The number of ether oxygens (including phenoxy) is 1. The number of hydroxylamine groups is 2. The van der Waals surface area contributed by atoms with Crippen LogP contribution in [0.4, 0.5) is 19.3 Å². The van der Waals surface area contributed by atoms with Gasteiger partial charge in [0.25, 0.3) is 0 Å². The molecule has 0 unspecified atom stereocenters. The van der Waals surface area contributed by atoms with Crippen LogP contribution in [-0.2, 0) is 14.4 Å². The summed E-state index contributed by atoms with van der Waals surface area (Å²) in [5, 5.41) is 10.6. The van der Waals surface area contributed by atoms with Crippen LogP contribution >= 0.6 is 0 Å². The SMILES string of the molecule is CCN1C[C@@H](CNC(=O)N/C(Nc2ccccc2)=C(\C)C(=NC)OCCCC=O)[C@H](c2ccc(F)c(F)c2)O1. The normalized spacial score (nSPS) is 18.3. The van der Waals surface area contributed by atoms with E-state index in [0.717, 1.165) is 24.1 Å². The Hall–Kier alpha value is -3.83. The summed E-state index contributed by atoms with van der Waals surface area (Å²) in [7, 11) is 1.58. The molecule has 210 valence electrons. The number of nitrogens with one attached hydrogen (secondary N) is 3. The fourth-order valence-corrected chi connectivity index (χ4v) is 4.09. The number of benzene rings is 2. The number of amides is 2. The monoisotopic (exact) mass is 543 g/mol. The maximum absolute atomic E-state index is 13.9. The fourth-order valence-electron chi connectivity index (χ4n) is 4.09. The number of hydrogen-bond donors (Lipinski definition) is 3. The molecule has 3 rings (SSSR count). The van der Waals surface area contributed by atoms with Crippen molar-refractivity contribution < 1.29 is 27.9 Å². The summed E-state index contributed by atoms with van der Waals surface area (Å²) in [5.74, 6) is -1.40. The molecule has 3 N–H and O–H groups in total. The number of hydrogen-bond acceptors (Lipinski definition) is 7. The van der Waals surface area contributed by atoms with Crippen molar-refractivity contribution in [2.75, 3.05) is 38.6 Å². The highest BCUT2D eigenvalue weighted by atomic mass is 19.2. The van der Waals surface area contributed by atoms with Gasteiger partial charge in [-0.3, -0.25) is 15.1 Å². The van der Waals surface area contributed by atoms with Gasteiger partial charge in [-0.1, -0.05) is 31.2 Å². The molecule has 1 aliphatic rings. The van der Waals surface area contributed by atoms with E-state index in [-0.39, 0.29) is 12.5 Å². The van der Waals surface area contributed by atoms with Gasteiger partial charge in [-0.25, -0.2) is 13.6 Å². The molecule has 1 saturated heterocycles. The molecule has 1 heterocycles. The molecule has 0 saturated carbocycles. The van der Waals surface area contributed by atoms with Crippen LogP contribution in [0.3, 0.4) is 0 Å². The smallest absolute Gasteiger partial charge is 0.320 e. The van der Waals surface area contributed by atoms with Gasteiger partial charge in [0.2, 0.25) is 5.90 Å². The standard InChI is InChI=1S/C28H35F2N5O4/c1-4-35-18-21(25(39-35)20-12-13-23(29)24(30)16-20)17-32-28(37)34-26(33-22-10-6-5-7-11-22)19(2)27(31-3)38-15-9-8-14-36/h5-7,10-14,16,21,25,33H,4,8-9,15,17-18H2,1-3H3,(H2,32,34,37)/b26-19+,31-27?/t21-,25+/m1/s1. The molecule has 11 heteroatoms.